The molecule has 0 saturated heterocycles. The van der Waals surface area contributed by atoms with Gasteiger partial charge in [-0.25, -0.2) is 4.98 Å². The Kier molecular flexibility index (Phi) is 3.76. The van der Waals surface area contributed by atoms with Crippen molar-refractivity contribution in [2.24, 2.45) is 0 Å². The minimum atomic E-state index is -0.402. The number of fused-ring (bicyclic) bond motifs is 1. The van der Waals surface area contributed by atoms with Crippen LogP contribution in [0.3, 0.4) is 0 Å². The maximum absolute atomic E-state index is 12.5. The van der Waals surface area contributed by atoms with Crippen molar-refractivity contribution in [2.75, 3.05) is 12.4 Å². The Bertz CT molecular complexity index is 860. The second-order valence-corrected chi connectivity index (χ2v) is 4.66. The molecule has 0 bridgehead atoms. The van der Waals surface area contributed by atoms with E-state index in [1.54, 1.807) is 18.3 Å². The van der Waals surface area contributed by atoms with E-state index in [9.17, 15) is 9.90 Å². The Balaban J connectivity index is 2.22. The SMILES string of the molecule is COc1cccn2c(=O)c(CO)c(Nc3ccccc3)nc12. The lowest BCUT2D eigenvalue weighted by molar-refractivity contribution is 0.280. The first-order valence-corrected chi connectivity index (χ1v) is 6.75. The van der Waals surface area contributed by atoms with E-state index in [-0.39, 0.29) is 11.1 Å². The van der Waals surface area contributed by atoms with Gasteiger partial charge in [0.15, 0.2) is 11.4 Å². The Hall–Kier alpha value is -2.86. The van der Waals surface area contributed by atoms with Crippen LogP contribution in [0.4, 0.5) is 11.5 Å². The lowest BCUT2D eigenvalue weighted by Gasteiger charge is -2.12. The van der Waals surface area contributed by atoms with E-state index in [1.165, 1.54) is 11.5 Å². The number of aliphatic hydroxyl groups excluding tert-OH is 1. The summed E-state index contributed by atoms with van der Waals surface area (Å²) >= 11 is 0. The normalized spacial score (nSPS) is 10.6. The highest BCUT2D eigenvalue weighted by atomic mass is 16.5. The van der Waals surface area contributed by atoms with Crippen LogP contribution < -0.4 is 15.6 Å². The number of aliphatic hydroxyl groups is 1. The molecule has 0 fully saturated rings. The molecule has 0 atom stereocenters. The number of nitrogens with one attached hydrogen (secondary N) is 1. The average molecular weight is 297 g/mol. The molecule has 6 heteroatoms. The van der Waals surface area contributed by atoms with Crippen LogP contribution in [0.15, 0.2) is 53.5 Å². The van der Waals surface area contributed by atoms with E-state index >= 15 is 0 Å². The van der Waals surface area contributed by atoms with Crippen molar-refractivity contribution in [3.8, 4) is 5.75 Å². The molecular formula is C16H15N3O3. The van der Waals surface area contributed by atoms with Crippen LogP contribution in [0.1, 0.15) is 5.56 Å². The van der Waals surface area contributed by atoms with Gasteiger partial charge in [-0.15, -0.1) is 0 Å². The molecule has 3 rings (SSSR count). The summed E-state index contributed by atoms with van der Waals surface area (Å²) < 4.78 is 6.61. The highest BCUT2D eigenvalue weighted by molar-refractivity contribution is 5.64. The largest absolute Gasteiger partial charge is 0.493 e. The number of anilines is 2. The third-order valence-electron chi connectivity index (χ3n) is 3.33. The van der Waals surface area contributed by atoms with Gasteiger partial charge in [0.1, 0.15) is 5.82 Å². The molecule has 112 valence electrons. The Morgan fingerprint density at radius 1 is 1.23 bits per heavy atom. The molecule has 0 unspecified atom stereocenters. The number of aromatic nitrogens is 2. The number of rotatable bonds is 4. The first-order valence-electron chi connectivity index (χ1n) is 6.75. The van der Waals surface area contributed by atoms with E-state index in [1.807, 2.05) is 30.3 Å². The van der Waals surface area contributed by atoms with Gasteiger partial charge < -0.3 is 15.2 Å². The van der Waals surface area contributed by atoms with Gasteiger partial charge in [-0.05, 0) is 24.3 Å². The lowest BCUT2D eigenvalue weighted by Crippen LogP contribution is -2.22. The summed E-state index contributed by atoms with van der Waals surface area (Å²) in [4.78, 5) is 16.9. The minimum Gasteiger partial charge on any atom is -0.493 e. The van der Waals surface area contributed by atoms with Gasteiger partial charge in [0.25, 0.3) is 5.56 Å². The van der Waals surface area contributed by atoms with Crippen LogP contribution in [0.5, 0.6) is 5.75 Å². The molecular weight excluding hydrogens is 282 g/mol. The average Bonchev–Trinajstić information content (AvgIpc) is 2.56. The smallest absolute Gasteiger partial charge is 0.265 e. The summed E-state index contributed by atoms with van der Waals surface area (Å²) in [5.74, 6) is 0.809. The van der Waals surface area contributed by atoms with E-state index in [2.05, 4.69) is 10.3 Å². The molecule has 0 aliphatic rings. The monoisotopic (exact) mass is 297 g/mol. The summed E-state index contributed by atoms with van der Waals surface area (Å²) in [6, 6.07) is 12.8. The van der Waals surface area contributed by atoms with Crippen molar-refractivity contribution >= 4 is 17.2 Å². The lowest BCUT2D eigenvalue weighted by atomic mass is 10.2. The molecule has 0 amide bonds. The van der Waals surface area contributed by atoms with Gasteiger partial charge in [-0.2, -0.15) is 0 Å². The number of benzene rings is 1. The third kappa shape index (κ3) is 2.40. The number of pyridine rings is 1. The standard InChI is InChI=1S/C16H15N3O3/c1-22-13-8-5-9-19-15(13)18-14(12(10-20)16(19)21)17-11-6-3-2-4-7-11/h2-9,17,20H,10H2,1H3. The quantitative estimate of drug-likeness (QED) is 0.769. The number of hydrogen-bond acceptors (Lipinski definition) is 5. The minimum absolute atomic E-state index is 0.203. The Morgan fingerprint density at radius 2 is 2.00 bits per heavy atom. The van der Waals surface area contributed by atoms with Crippen molar-refractivity contribution in [2.45, 2.75) is 6.61 Å². The van der Waals surface area contributed by atoms with Gasteiger partial charge in [0.2, 0.25) is 0 Å². The Morgan fingerprint density at radius 3 is 2.68 bits per heavy atom. The van der Waals surface area contributed by atoms with Crippen molar-refractivity contribution in [1.82, 2.24) is 9.38 Å². The molecule has 1 aromatic carbocycles. The van der Waals surface area contributed by atoms with E-state index in [0.29, 0.717) is 17.2 Å². The van der Waals surface area contributed by atoms with Gasteiger partial charge in [-0.1, -0.05) is 18.2 Å². The second-order valence-electron chi connectivity index (χ2n) is 4.66. The molecule has 22 heavy (non-hydrogen) atoms. The number of methoxy groups -OCH3 is 1. The molecule has 2 aromatic heterocycles. The van der Waals surface area contributed by atoms with E-state index in [4.69, 9.17) is 4.74 Å². The summed E-state index contributed by atoms with van der Waals surface area (Å²) in [6.45, 7) is -0.402. The van der Waals surface area contributed by atoms with Crippen LogP contribution in [-0.4, -0.2) is 21.6 Å². The number of hydrogen-bond donors (Lipinski definition) is 2. The van der Waals surface area contributed by atoms with Crippen LogP contribution in [-0.2, 0) is 6.61 Å². The van der Waals surface area contributed by atoms with Gasteiger partial charge in [0, 0.05) is 11.9 Å². The zero-order valence-electron chi connectivity index (χ0n) is 12.0. The summed E-state index contributed by atoms with van der Waals surface area (Å²) in [6.07, 6.45) is 1.60. The molecule has 0 aliphatic carbocycles. The first-order chi connectivity index (χ1) is 10.7. The second kappa shape index (κ2) is 5.87. The van der Waals surface area contributed by atoms with Gasteiger partial charge in [-0.3, -0.25) is 9.20 Å². The van der Waals surface area contributed by atoms with Crippen molar-refractivity contribution < 1.29 is 9.84 Å². The zero-order chi connectivity index (χ0) is 15.5. The van der Waals surface area contributed by atoms with Gasteiger partial charge in [0.05, 0.1) is 19.3 Å². The molecule has 0 spiro atoms. The molecule has 2 heterocycles. The van der Waals surface area contributed by atoms with E-state index < -0.39 is 6.61 Å². The summed E-state index contributed by atoms with van der Waals surface area (Å²) in [5, 5.41) is 12.6. The molecule has 6 nitrogen and oxygen atoms in total. The summed E-state index contributed by atoms with van der Waals surface area (Å²) in [5.41, 5.74) is 1.05. The summed E-state index contributed by atoms with van der Waals surface area (Å²) in [7, 11) is 1.52. The number of nitrogens with zero attached hydrogens (tertiary/aromatic N) is 2. The van der Waals surface area contributed by atoms with Crippen LogP contribution in [0, 0.1) is 0 Å². The van der Waals surface area contributed by atoms with Crippen molar-refractivity contribution in [3.63, 3.8) is 0 Å². The fraction of sp³-hybridized carbons (Fsp3) is 0.125. The highest BCUT2D eigenvalue weighted by Gasteiger charge is 2.14. The third-order valence-corrected chi connectivity index (χ3v) is 3.33. The fourth-order valence-corrected chi connectivity index (χ4v) is 2.24. The molecule has 0 saturated carbocycles. The predicted molar refractivity (Wildman–Crippen MR) is 83.7 cm³/mol. The number of ether oxygens (including phenoxy) is 1. The topological polar surface area (TPSA) is 75.9 Å². The first kappa shape index (κ1) is 14.1. The van der Waals surface area contributed by atoms with Gasteiger partial charge >= 0.3 is 0 Å². The molecule has 0 radical (unpaired) electrons. The Labute approximate surface area is 126 Å². The molecule has 2 N–H and O–H groups in total. The van der Waals surface area contributed by atoms with Crippen molar-refractivity contribution in [3.05, 3.63) is 64.6 Å². The maximum Gasteiger partial charge on any atom is 0.265 e. The zero-order valence-corrected chi connectivity index (χ0v) is 12.0. The van der Waals surface area contributed by atoms with Crippen LogP contribution in [0.2, 0.25) is 0 Å². The highest BCUT2D eigenvalue weighted by Crippen LogP contribution is 2.21. The maximum atomic E-state index is 12.5. The fourth-order valence-electron chi connectivity index (χ4n) is 2.24. The van der Waals surface area contributed by atoms with Crippen LogP contribution in [0.25, 0.3) is 5.65 Å². The molecule has 3 aromatic rings. The van der Waals surface area contributed by atoms with Crippen LogP contribution >= 0.6 is 0 Å². The predicted octanol–water partition coefficient (Wildman–Crippen LogP) is 1.94. The van der Waals surface area contributed by atoms with Crippen molar-refractivity contribution in [1.29, 1.82) is 0 Å². The van der Waals surface area contributed by atoms with E-state index in [0.717, 1.165) is 5.69 Å². The number of para-hydroxylation sites is 1. The molecule has 0 aliphatic heterocycles.